The Morgan fingerprint density at radius 1 is 0.905 bits per heavy atom. The van der Waals surface area contributed by atoms with E-state index in [1.165, 1.54) is 0 Å². The van der Waals surface area contributed by atoms with Gasteiger partial charge in [0.2, 0.25) is 5.95 Å². The summed E-state index contributed by atoms with van der Waals surface area (Å²) in [6.07, 6.45) is 5.70. The Morgan fingerprint density at radius 3 is 2.62 bits per heavy atom. The van der Waals surface area contributed by atoms with Gasteiger partial charge >= 0.3 is 0 Å². The number of aromatic nitrogens is 5. The summed E-state index contributed by atoms with van der Waals surface area (Å²) in [4.78, 5) is 4.11. The van der Waals surface area contributed by atoms with E-state index in [2.05, 4.69) is 15.2 Å². The lowest BCUT2D eigenvalue weighted by molar-refractivity contribution is 0.881. The third-order valence-electron chi connectivity index (χ3n) is 3.28. The molecule has 0 saturated heterocycles. The smallest absolute Gasteiger partial charge is 0.240 e. The van der Waals surface area contributed by atoms with Crippen molar-refractivity contribution in [2.75, 3.05) is 5.73 Å². The first-order chi connectivity index (χ1) is 10.3. The van der Waals surface area contributed by atoms with Crippen molar-refractivity contribution in [2.24, 2.45) is 0 Å². The van der Waals surface area contributed by atoms with Gasteiger partial charge < -0.3 is 5.73 Å². The van der Waals surface area contributed by atoms with Gasteiger partial charge in [0.05, 0.1) is 11.9 Å². The van der Waals surface area contributed by atoms with E-state index in [0.717, 1.165) is 22.5 Å². The Labute approximate surface area is 120 Å². The number of nitrogens with zero attached hydrogens (tertiary/aromatic N) is 5. The second-order valence-corrected chi connectivity index (χ2v) is 4.70. The topological polar surface area (TPSA) is 74.0 Å². The number of nitrogens with two attached hydrogens (primary N) is 1. The van der Waals surface area contributed by atoms with Crippen LogP contribution in [0.1, 0.15) is 0 Å². The molecule has 0 aliphatic heterocycles. The van der Waals surface area contributed by atoms with Gasteiger partial charge in [-0.05, 0) is 24.3 Å². The third-order valence-corrected chi connectivity index (χ3v) is 3.28. The third kappa shape index (κ3) is 2.02. The number of anilines is 1. The van der Waals surface area contributed by atoms with E-state index in [9.17, 15) is 0 Å². The number of hydrogen-bond donors (Lipinski definition) is 1. The highest BCUT2D eigenvalue weighted by Crippen LogP contribution is 2.20. The maximum atomic E-state index is 5.60. The average Bonchev–Trinajstić information content (AvgIpc) is 3.12. The fraction of sp³-hybridized carbons (Fsp3) is 0. The SMILES string of the molecule is Nc1nc2ccc(-c3cnn(-c4ccccc4)c3)cn2n1. The van der Waals surface area contributed by atoms with Gasteiger partial charge in [-0.2, -0.15) is 10.1 Å². The van der Waals surface area contributed by atoms with Gasteiger partial charge in [0.1, 0.15) is 0 Å². The molecular weight excluding hydrogens is 264 g/mol. The van der Waals surface area contributed by atoms with Gasteiger partial charge in [0.15, 0.2) is 5.65 Å². The fourth-order valence-electron chi connectivity index (χ4n) is 2.26. The van der Waals surface area contributed by atoms with Crippen molar-refractivity contribution in [3.63, 3.8) is 0 Å². The van der Waals surface area contributed by atoms with Crippen LogP contribution < -0.4 is 5.73 Å². The van der Waals surface area contributed by atoms with Crippen LogP contribution in [0, 0.1) is 0 Å². The predicted molar refractivity (Wildman–Crippen MR) is 80.0 cm³/mol. The molecule has 6 nitrogen and oxygen atoms in total. The monoisotopic (exact) mass is 276 g/mol. The van der Waals surface area contributed by atoms with E-state index < -0.39 is 0 Å². The van der Waals surface area contributed by atoms with Crippen LogP contribution in [0.3, 0.4) is 0 Å². The van der Waals surface area contributed by atoms with Gasteiger partial charge in [-0.15, -0.1) is 5.10 Å². The number of para-hydroxylation sites is 1. The van der Waals surface area contributed by atoms with Crippen LogP contribution in [-0.4, -0.2) is 24.4 Å². The zero-order chi connectivity index (χ0) is 14.2. The first-order valence-electron chi connectivity index (χ1n) is 6.52. The molecule has 0 spiro atoms. The number of hydrogen-bond acceptors (Lipinski definition) is 4. The molecule has 0 saturated carbocycles. The van der Waals surface area contributed by atoms with Crippen LogP contribution in [0.25, 0.3) is 22.5 Å². The number of nitrogen functional groups attached to an aromatic ring is 1. The lowest BCUT2D eigenvalue weighted by Crippen LogP contribution is -1.92. The molecule has 6 heteroatoms. The summed E-state index contributed by atoms with van der Waals surface area (Å²) < 4.78 is 3.51. The van der Waals surface area contributed by atoms with Crippen LogP contribution >= 0.6 is 0 Å². The average molecular weight is 276 g/mol. The lowest BCUT2D eigenvalue weighted by Gasteiger charge is -2.00. The van der Waals surface area contributed by atoms with E-state index >= 15 is 0 Å². The molecule has 0 atom stereocenters. The van der Waals surface area contributed by atoms with Crippen molar-refractivity contribution < 1.29 is 0 Å². The van der Waals surface area contributed by atoms with E-state index in [-0.39, 0.29) is 5.95 Å². The maximum Gasteiger partial charge on any atom is 0.240 e. The van der Waals surface area contributed by atoms with Crippen molar-refractivity contribution in [1.82, 2.24) is 24.4 Å². The van der Waals surface area contributed by atoms with Gasteiger partial charge in [0, 0.05) is 23.5 Å². The second kappa shape index (κ2) is 4.45. The summed E-state index contributed by atoms with van der Waals surface area (Å²) in [6.45, 7) is 0. The Balaban J connectivity index is 1.77. The van der Waals surface area contributed by atoms with E-state index in [1.807, 2.05) is 65.7 Å². The quantitative estimate of drug-likeness (QED) is 0.609. The molecule has 0 aliphatic carbocycles. The van der Waals surface area contributed by atoms with Crippen molar-refractivity contribution in [1.29, 1.82) is 0 Å². The van der Waals surface area contributed by atoms with Crippen LogP contribution in [0.4, 0.5) is 5.95 Å². The van der Waals surface area contributed by atoms with Crippen LogP contribution in [0.2, 0.25) is 0 Å². The van der Waals surface area contributed by atoms with Crippen molar-refractivity contribution in [3.05, 3.63) is 61.1 Å². The van der Waals surface area contributed by atoms with Gasteiger partial charge in [-0.25, -0.2) is 9.20 Å². The Bertz CT molecular complexity index is 906. The summed E-state index contributed by atoms with van der Waals surface area (Å²) >= 11 is 0. The molecule has 0 bridgehead atoms. The van der Waals surface area contributed by atoms with Crippen LogP contribution in [0.15, 0.2) is 61.1 Å². The van der Waals surface area contributed by atoms with E-state index in [1.54, 1.807) is 4.52 Å². The molecule has 0 radical (unpaired) electrons. The molecule has 1 aromatic carbocycles. The molecule has 2 N–H and O–H groups in total. The highest BCUT2D eigenvalue weighted by atomic mass is 15.3. The number of fused-ring (bicyclic) bond motifs is 1. The maximum absolute atomic E-state index is 5.60. The zero-order valence-electron chi connectivity index (χ0n) is 11.1. The molecular formula is C15H12N6. The molecule has 4 aromatic rings. The predicted octanol–water partition coefficient (Wildman–Crippen LogP) is 2.16. The van der Waals surface area contributed by atoms with E-state index in [4.69, 9.17) is 5.73 Å². The standard InChI is InChI=1S/C15H12N6/c16-15-18-14-7-6-11(9-21(14)19-15)12-8-17-20(10-12)13-4-2-1-3-5-13/h1-10H,(H2,16,19). The second-order valence-electron chi connectivity index (χ2n) is 4.70. The van der Waals surface area contributed by atoms with Crippen molar-refractivity contribution in [2.45, 2.75) is 0 Å². The number of benzene rings is 1. The molecule has 0 unspecified atom stereocenters. The van der Waals surface area contributed by atoms with Crippen LogP contribution in [0.5, 0.6) is 0 Å². The molecule has 3 heterocycles. The fourth-order valence-corrected chi connectivity index (χ4v) is 2.26. The summed E-state index contributed by atoms with van der Waals surface area (Å²) in [5, 5.41) is 8.52. The minimum atomic E-state index is 0.270. The molecule has 102 valence electrons. The molecule has 21 heavy (non-hydrogen) atoms. The van der Waals surface area contributed by atoms with E-state index in [0.29, 0.717) is 0 Å². The Kier molecular flexibility index (Phi) is 2.47. The Hall–Kier alpha value is -3.15. The number of pyridine rings is 1. The summed E-state index contributed by atoms with van der Waals surface area (Å²) in [5.41, 5.74) is 9.37. The van der Waals surface area contributed by atoms with Gasteiger partial charge in [-0.3, -0.25) is 0 Å². The first-order valence-corrected chi connectivity index (χ1v) is 6.52. The molecule has 0 amide bonds. The zero-order valence-corrected chi connectivity index (χ0v) is 11.1. The minimum Gasteiger partial charge on any atom is -0.366 e. The lowest BCUT2D eigenvalue weighted by atomic mass is 10.2. The number of rotatable bonds is 2. The van der Waals surface area contributed by atoms with Gasteiger partial charge in [-0.1, -0.05) is 18.2 Å². The largest absolute Gasteiger partial charge is 0.366 e. The van der Waals surface area contributed by atoms with Gasteiger partial charge in [0.25, 0.3) is 0 Å². The summed E-state index contributed by atoms with van der Waals surface area (Å²) in [6, 6.07) is 13.9. The van der Waals surface area contributed by atoms with Crippen molar-refractivity contribution >= 4 is 11.6 Å². The molecule has 4 rings (SSSR count). The van der Waals surface area contributed by atoms with Crippen molar-refractivity contribution in [3.8, 4) is 16.8 Å². The van der Waals surface area contributed by atoms with Crippen LogP contribution in [-0.2, 0) is 0 Å². The molecule has 3 aromatic heterocycles. The highest BCUT2D eigenvalue weighted by Gasteiger charge is 2.06. The first kappa shape index (κ1) is 11.7. The molecule has 0 fully saturated rings. The molecule has 0 aliphatic rings. The minimum absolute atomic E-state index is 0.270. The highest BCUT2D eigenvalue weighted by molar-refractivity contribution is 5.63. The Morgan fingerprint density at radius 2 is 1.76 bits per heavy atom. The normalized spacial score (nSPS) is 11.0. The summed E-state index contributed by atoms with van der Waals surface area (Å²) in [5.74, 6) is 0.270. The summed E-state index contributed by atoms with van der Waals surface area (Å²) in [7, 11) is 0.